The molecule has 0 aliphatic carbocycles. The summed E-state index contributed by atoms with van der Waals surface area (Å²) >= 11 is 0. The quantitative estimate of drug-likeness (QED) is 0.777. The Bertz CT molecular complexity index is 605. The normalized spacial score (nSPS) is 31.1. The third kappa shape index (κ3) is 3.14. The number of piperidine rings is 1. The van der Waals surface area contributed by atoms with Gasteiger partial charge < -0.3 is 13.9 Å². The van der Waals surface area contributed by atoms with Crippen LogP contribution in [0.4, 0.5) is 0 Å². The van der Waals surface area contributed by atoms with Crippen molar-refractivity contribution < 1.29 is 13.9 Å². The maximum Gasteiger partial charge on any atom is 0.121 e. The average molecular weight is 315 g/mol. The third-order valence-corrected chi connectivity index (χ3v) is 4.86. The molecule has 1 aliphatic rings. The van der Waals surface area contributed by atoms with Crippen molar-refractivity contribution in [3.63, 3.8) is 0 Å². The third-order valence-electron chi connectivity index (χ3n) is 4.86. The van der Waals surface area contributed by atoms with E-state index in [0.29, 0.717) is 12.8 Å². The molecule has 1 aliphatic heterocycles. The lowest BCUT2D eigenvalue weighted by Gasteiger charge is -2.47. The van der Waals surface area contributed by atoms with Gasteiger partial charge in [0.15, 0.2) is 0 Å². The lowest BCUT2D eigenvalue weighted by Crippen LogP contribution is -2.52. The molecule has 1 saturated heterocycles. The second kappa shape index (κ2) is 6.77. The van der Waals surface area contributed by atoms with Gasteiger partial charge in [0, 0.05) is 5.92 Å². The Balaban J connectivity index is 1.97. The van der Waals surface area contributed by atoms with E-state index in [-0.39, 0.29) is 18.0 Å². The highest BCUT2D eigenvalue weighted by atomic mass is 16.3. The summed E-state index contributed by atoms with van der Waals surface area (Å²) in [5, 5.41) is 15.0. The Kier molecular flexibility index (Phi) is 4.74. The van der Waals surface area contributed by atoms with Gasteiger partial charge >= 0.3 is 0 Å². The molecule has 1 fully saturated rings. The molecule has 0 unspecified atom stereocenters. The molecular weight excluding hydrogens is 290 g/mol. The Morgan fingerprint density at radius 1 is 1.30 bits per heavy atom. The zero-order chi connectivity index (χ0) is 16.3. The van der Waals surface area contributed by atoms with Crippen LogP contribution in [-0.4, -0.2) is 10.7 Å². The molecule has 0 aromatic carbocycles. The fourth-order valence-corrected chi connectivity index (χ4v) is 3.86. The van der Waals surface area contributed by atoms with E-state index in [4.69, 9.17) is 8.83 Å². The smallest absolute Gasteiger partial charge is 0.121 e. The first kappa shape index (κ1) is 16.1. The van der Waals surface area contributed by atoms with Crippen LogP contribution in [0.2, 0.25) is 0 Å². The van der Waals surface area contributed by atoms with Crippen LogP contribution in [0.25, 0.3) is 0 Å². The monoisotopic (exact) mass is 315 g/mol. The molecule has 2 N–H and O–H groups in total. The Morgan fingerprint density at radius 3 is 2.57 bits per heavy atom. The summed E-state index contributed by atoms with van der Waals surface area (Å²) in [5.41, 5.74) is -0.822. The maximum atomic E-state index is 11.4. The van der Waals surface area contributed by atoms with Crippen LogP contribution in [0, 0.1) is 5.92 Å². The van der Waals surface area contributed by atoms with Crippen molar-refractivity contribution in [1.29, 1.82) is 0 Å². The zero-order valence-corrected chi connectivity index (χ0v) is 13.6. The van der Waals surface area contributed by atoms with Gasteiger partial charge in [0.2, 0.25) is 0 Å². The maximum absolute atomic E-state index is 11.4. The largest absolute Gasteiger partial charge is 0.468 e. The van der Waals surface area contributed by atoms with Crippen molar-refractivity contribution >= 4 is 0 Å². The van der Waals surface area contributed by atoms with E-state index < -0.39 is 5.60 Å². The molecule has 0 saturated carbocycles. The van der Waals surface area contributed by atoms with Crippen LogP contribution in [0.5, 0.6) is 0 Å². The summed E-state index contributed by atoms with van der Waals surface area (Å²) in [6, 6.07) is 7.61. The summed E-state index contributed by atoms with van der Waals surface area (Å²) in [7, 11) is 0. The number of hydrogen-bond acceptors (Lipinski definition) is 4. The van der Waals surface area contributed by atoms with E-state index >= 15 is 0 Å². The number of hydrogen-bond donors (Lipinski definition) is 2. The molecule has 0 bridgehead atoms. The number of nitrogens with one attached hydrogen (secondary N) is 1. The zero-order valence-electron chi connectivity index (χ0n) is 13.6. The van der Waals surface area contributed by atoms with Gasteiger partial charge in [-0.05, 0) is 43.5 Å². The minimum absolute atomic E-state index is 0.0428. The van der Waals surface area contributed by atoms with Gasteiger partial charge in [0.25, 0.3) is 0 Å². The molecule has 0 radical (unpaired) electrons. The Hall–Kier alpha value is -1.78. The summed E-state index contributed by atoms with van der Waals surface area (Å²) in [6.07, 6.45) is 8.27. The Labute approximate surface area is 137 Å². The van der Waals surface area contributed by atoms with Gasteiger partial charge in [-0.15, -0.1) is 6.58 Å². The van der Waals surface area contributed by atoms with Crippen LogP contribution >= 0.6 is 0 Å². The van der Waals surface area contributed by atoms with Gasteiger partial charge in [-0.25, -0.2) is 0 Å². The standard InChI is InChI=1S/C19H25NO3/c1-3-7-14-18(17-9-6-12-23-17)20-15(16-8-5-11-22-16)13-19(14,21)10-4-2/h4-6,8-9,11-12,14-15,18,20-21H,2-3,7,10,13H2,1H3/t14-,15+,18+,19-/m0/s1. The van der Waals surface area contributed by atoms with Crippen molar-refractivity contribution in [3.8, 4) is 0 Å². The highest BCUT2D eigenvalue weighted by Crippen LogP contribution is 2.47. The van der Waals surface area contributed by atoms with Crippen molar-refractivity contribution in [2.24, 2.45) is 5.92 Å². The fraction of sp³-hybridized carbons (Fsp3) is 0.474. The SMILES string of the molecule is C=CC[C@]1(O)C[C@H](c2ccco2)N[C@@H](c2ccco2)[C@@H]1CCC. The summed E-state index contributed by atoms with van der Waals surface area (Å²) in [6.45, 7) is 5.99. The van der Waals surface area contributed by atoms with E-state index in [1.807, 2.05) is 30.3 Å². The first-order chi connectivity index (χ1) is 11.2. The van der Waals surface area contributed by atoms with Crippen LogP contribution in [0.15, 0.2) is 58.3 Å². The second-order valence-corrected chi connectivity index (χ2v) is 6.42. The minimum atomic E-state index is -0.822. The van der Waals surface area contributed by atoms with E-state index in [0.717, 1.165) is 24.4 Å². The highest BCUT2D eigenvalue weighted by molar-refractivity contribution is 5.17. The highest BCUT2D eigenvalue weighted by Gasteiger charge is 2.48. The van der Waals surface area contributed by atoms with E-state index in [9.17, 15) is 5.11 Å². The van der Waals surface area contributed by atoms with Crippen LogP contribution in [-0.2, 0) is 0 Å². The lowest BCUT2D eigenvalue weighted by molar-refractivity contribution is -0.0815. The summed E-state index contributed by atoms with van der Waals surface area (Å²) < 4.78 is 11.2. The fourth-order valence-electron chi connectivity index (χ4n) is 3.86. The lowest BCUT2D eigenvalue weighted by atomic mass is 9.69. The molecule has 4 heteroatoms. The molecule has 2 aromatic heterocycles. The minimum Gasteiger partial charge on any atom is -0.468 e. The Morgan fingerprint density at radius 2 is 2.00 bits per heavy atom. The predicted octanol–water partition coefficient (Wildman–Crippen LogP) is 4.37. The molecule has 0 spiro atoms. The molecule has 124 valence electrons. The van der Waals surface area contributed by atoms with Gasteiger partial charge in [0.05, 0.1) is 30.2 Å². The molecule has 2 aromatic rings. The molecular formula is C19H25NO3. The molecule has 4 atom stereocenters. The van der Waals surface area contributed by atoms with Gasteiger partial charge in [0.1, 0.15) is 11.5 Å². The summed E-state index contributed by atoms with van der Waals surface area (Å²) in [4.78, 5) is 0. The average Bonchev–Trinajstić information content (AvgIpc) is 3.22. The van der Waals surface area contributed by atoms with Gasteiger partial charge in [-0.3, -0.25) is 5.32 Å². The van der Waals surface area contributed by atoms with Crippen LogP contribution < -0.4 is 5.32 Å². The first-order valence-electron chi connectivity index (χ1n) is 8.34. The van der Waals surface area contributed by atoms with Crippen molar-refractivity contribution in [3.05, 3.63) is 61.0 Å². The van der Waals surface area contributed by atoms with E-state index in [2.05, 4.69) is 18.8 Å². The van der Waals surface area contributed by atoms with Gasteiger partial charge in [-0.2, -0.15) is 0 Å². The molecule has 4 nitrogen and oxygen atoms in total. The number of rotatable bonds is 6. The van der Waals surface area contributed by atoms with Crippen molar-refractivity contribution in [1.82, 2.24) is 5.32 Å². The predicted molar refractivity (Wildman–Crippen MR) is 88.8 cm³/mol. The van der Waals surface area contributed by atoms with Crippen LogP contribution in [0.3, 0.4) is 0 Å². The van der Waals surface area contributed by atoms with Crippen LogP contribution in [0.1, 0.15) is 56.2 Å². The first-order valence-corrected chi connectivity index (χ1v) is 8.34. The topological polar surface area (TPSA) is 58.5 Å². The molecule has 23 heavy (non-hydrogen) atoms. The van der Waals surface area contributed by atoms with Crippen molar-refractivity contribution in [2.75, 3.05) is 0 Å². The second-order valence-electron chi connectivity index (χ2n) is 6.42. The number of furan rings is 2. The van der Waals surface area contributed by atoms with Crippen molar-refractivity contribution in [2.45, 2.75) is 50.3 Å². The molecule has 3 rings (SSSR count). The summed E-state index contributed by atoms with van der Waals surface area (Å²) in [5.74, 6) is 1.78. The number of aliphatic hydroxyl groups is 1. The molecule has 3 heterocycles. The molecule has 0 amide bonds. The van der Waals surface area contributed by atoms with E-state index in [1.54, 1.807) is 12.5 Å². The van der Waals surface area contributed by atoms with E-state index in [1.165, 1.54) is 0 Å². The van der Waals surface area contributed by atoms with Gasteiger partial charge in [-0.1, -0.05) is 19.4 Å².